The molecule has 2 aromatic rings. The molecule has 1 aromatic heterocycles. The average molecular weight is 170 g/mol. The topological polar surface area (TPSA) is 75.6 Å². The van der Waals surface area contributed by atoms with Gasteiger partial charge in [-0.1, -0.05) is 12.1 Å². The molecule has 0 spiro atoms. The van der Waals surface area contributed by atoms with E-state index in [0.29, 0.717) is 11.3 Å². The van der Waals surface area contributed by atoms with Crippen LogP contribution in [0.25, 0.3) is 10.9 Å². The number of anilines is 1. The molecule has 4 nitrogen and oxygen atoms in total. The molecule has 1 aromatic carbocycles. The van der Waals surface area contributed by atoms with Crippen molar-refractivity contribution in [2.75, 3.05) is 5.73 Å². The molecule has 0 aliphatic heterocycles. The number of hydrogen-bond donors (Lipinski definition) is 1. The zero-order chi connectivity index (χ0) is 9.26. The predicted octanol–water partition coefficient (Wildman–Crippen LogP) is 1.08. The van der Waals surface area contributed by atoms with E-state index in [1.54, 1.807) is 6.07 Å². The van der Waals surface area contributed by atoms with Crippen LogP contribution in [0.2, 0.25) is 0 Å². The predicted molar refractivity (Wildman–Crippen MR) is 48.7 cm³/mol. The van der Waals surface area contributed by atoms with Crippen molar-refractivity contribution < 1.29 is 0 Å². The number of hydrogen-bond acceptors (Lipinski definition) is 4. The molecular weight excluding hydrogens is 164 g/mol. The lowest BCUT2D eigenvalue weighted by Crippen LogP contribution is -1.97. The van der Waals surface area contributed by atoms with Gasteiger partial charge in [-0.2, -0.15) is 5.26 Å². The first-order valence-electron chi connectivity index (χ1n) is 3.73. The van der Waals surface area contributed by atoms with Gasteiger partial charge >= 0.3 is 0 Å². The van der Waals surface area contributed by atoms with Crippen LogP contribution in [0.3, 0.4) is 0 Å². The standard InChI is InChI=1S/C9H6N4/c10-5-8-12-7-4-2-1-3-6(7)9(11)13-8/h1-4H,(H2,11,12,13). The Morgan fingerprint density at radius 1 is 1.23 bits per heavy atom. The highest BCUT2D eigenvalue weighted by Gasteiger charge is 2.02. The van der Waals surface area contributed by atoms with E-state index >= 15 is 0 Å². The molecule has 0 aliphatic rings. The fourth-order valence-corrected chi connectivity index (χ4v) is 1.15. The number of aromatic nitrogens is 2. The van der Waals surface area contributed by atoms with E-state index in [1.807, 2.05) is 24.3 Å². The highest BCUT2D eigenvalue weighted by molar-refractivity contribution is 5.87. The smallest absolute Gasteiger partial charge is 0.234 e. The Balaban J connectivity index is 2.86. The van der Waals surface area contributed by atoms with Gasteiger partial charge in [-0.3, -0.25) is 0 Å². The van der Waals surface area contributed by atoms with Crippen LogP contribution in [0.15, 0.2) is 24.3 Å². The molecule has 0 aliphatic carbocycles. The van der Waals surface area contributed by atoms with Gasteiger partial charge in [0, 0.05) is 5.39 Å². The number of rotatable bonds is 0. The van der Waals surface area contributed by atoms with Crippen LogP contribution in [0.5, 0.6) is 0 Å². The fourth-order valence-electron chi connectivity index (χ4n) is 1.15. The summed E-state index contributed by atoms with van der Waals surface area (Å²) in [5.41, 5.74) is 6.33. The lowest BCUT2D eigenvalue weighted by molar-refractivity contribution is 1.17. The van der Waals surface area contributed by atoms with Crippen molar-refractivity contribution in [3.63, 3.8) is 0 Å². The number of nitrogen functional groups attached to an aromatic ring is 1. The van der Waals surface area contributed by atoms with Crippen LogP contribution in [-0.4, -0.2) is 9.97 Å². The van der Waals surface area contributed by atoms with Crippen molar-refractivity contribution in [3.05, 3.63) is 30.1 Å². The first-order valence-corrected chi connectivity index (χ1v) is 3.73. The molecule has 0 saturated heterocycles. The van der Waals surface area contributed by atoms with E-state index in [-0.39, 0.29) is 5.82 Å². The maximum atomic E-state index is 8.59. The molecule has 0 amide bonds. The second kappa shape index (κ2) is 2.72. The Morgan fingerprint density at radius 2 is 2.00 bits per heavy atom. The summed E-state index contributed by atoms with van der Waals surface area (Å²) in [5, 5.41) is 9.37. The van der Waals surface area contributed by atoms with Crippen LogP contribution >= 0.6 is 0 Å². The number of nitrogens with two attached hydrogens (primary N) is 1. The molecule has 2 rings (SSSR count). The maximum Gasteiger partial charge on any atom is 0.234 e. The van der Waals surface area contributed by atoms with Crippen molar-refractivity contribution >= 4 is 16.7 Å². The summed E-state index contributed by atoms with van der Waals surface area (Å²) in [6, 6.07) is 9.18. The molecule has 1 heterocycles. The van der Waals surface area contributed by atoms with Crippen LogP contribution in [0, 0.1) is 11.3 Å². The lowest BCUT2D eigenvalue weighted by atomic mass is 10.2. The largest absolute Gasteiger partial charge is 0.383 e. The van der Waals surface area contributed by atoms with E-state index in [4.69, 9.17) is 11.0 Å². The molecule has 2 N–H and O–H groups in total. The summed E-state index contributed by atoms with van der Waals surface area (Å²) in [4.78, 5) is 7.83. The quantitative estimate of drug-likeness (QED) is 0.641. The Morgan fingerprint density at radius 3 is 2.77 bits per heavy atom. The maximum absolute atomic E-state index is 8.59. The first-order chi connectivity index (χ1) is 6.31. The lowest BCUT2D eigenvalue weighted by Gasteiger charge is -1.99. The Hall–Kier alpha value is -2.15. The molecule has 0 fully saturated rings. The van der Waals surface area contributed by atoms with Gasteiger partial charge in [0.15, 0.2) is 0 Å². The minimum atomic E-state index is 0.108. The summed E-state index contributed by atoms with van der Waals surface area (Å²) in [6.07, 6.45) is 0. The van der Waals surface area contributed by atoms with Gasteiger partial charge in [-0.15, -0.1) is 0 Å². The SMILES string of the molecule is N#Cc1nc(N)c2ccccc2n1. The van der Waals surface area contributed by atoms with Gasteiger partial charge in [0.1, 0.15) is 11.9 Å². The monoisotopic (exact) mass is 170 g/mol. The van der Waals surface area contributed by atoms with Gasteiger partial charge in [-0.25, -0.2) is 9.97 Å². The minimum Gasteiger partial charge on any atom is -0.383 e. The Bertz CT molecular complexity index is 498. The number of nitrogens with zero attached hydrogens (tertiary/aromatic N) is 3. The molecule has 4 heteroatoms. The van der Waals surface area contributed by atoms with E-state index in [9.17, 15) is 0 Å². The third-order valence-electron chi connectivity index (χ3n) is 1.73. The van der Waals surface area contributed by atoms with Gasteiger partial charge in [0.25, 0.3) is 0 Å². The molecule has 0 saturated carbocycles. The second-order valence-electron chi connectivity index (χ2n) is 2.56. The van der Waals surface area contributed by atoms with E-state index < -0.39 is 0 Å². The molecular formula is C9H6N4. The second-order valence-corrected chi connectivity index (χ2v) is 2.56. The Kier molecular flexibility index (Phi) is 1.57. The molecule has 0 atom stereocenters. The van der Waals surface area contributed by atoms with Crippen LogP contribution in [-0.2, 0) is 0 Å². The summed E-state index contributed by atoms with van der Waals surface area (Å²) < 4.78 is 0. The summed E-state index contributed by atoms with van der Waals surface area (Å²) in [5.74, 6) is 0.457. The van der Waals surface area contributed by atoms with Crippen molar-refractivity contribution in [3.8, 4) is 6.07 Å². The van der Waals surface area contributed by atoms with Crippen molar-refractivity contribution in [1.29, 1.82) is 5.26 Å². The zero-order valence-electron chi connectivity index (χ0n) is 6.73. The molecule has 0 radical (unpaired) electrons. The highest BCUT2D eigenvalue weighted by atomic mass is 14.9. The Labute approximate surface area is 74.6 Å². The third kappa shape index (κ3) is 1.16. The fraction of sp³-hybridized carbons (Fsp3) is 0. The molecule has 13 heavy (non-hydrogen) atoms. The molecule has 62 valence electrons. The van der Waals surface area contributed by atoms with Gasteiger partial charge in [0.2, 0.25) is 5.82 Å². The van der Waals surface area contributed by atoms with Crippen LogP contribution in [0.1, 0.15) is 5.82 Å². The van der Waals surface area contributed by atoms with Crippen molar-refractivity contribution in [1.82, 2.24) is 9.97 Å². The average Bonchev–Trinajstić information content (AvgIpc) is 2.18. The first kappa shape index (κ1) is 7.50. The van der Waals surface area contributed by atoms with Gasteiger partial charge in [0.05, 0.1) is 5.52 Å². The number of fused-ring (bicyclic) bond motifs is 1. The number of benzene rings is 1. The summed E-state index contributed by atoms with van der Waals surface area (Å²) >= 11 is 0. The van der Waals surface area contributed by atoms with E-state index in [1.165, 1.54) is 0 Å². The summed E-state index contributed by atoms with van der Waals surface area (Å²) in [7, 11) is 0. The number of nitriles is 1. The van der Waals surface area contributed by atoms with E-state index in [0.717, 1.165) is 5.39 Å². The van der Waals surface area contributed by atoms with Gasteiger partial charge in [-0.05, 0) is 12.1 Å². The molecule has 0 bridgehead atoms. The zero-order valence-corrected chi connectivity index (χ0v) is 6.73. The summed E-state index contributed by atoms with van der Waals surface area (Å²) in [6.45, 7) is 0. The third-order valence-corrected chi connectivity index (χ3v) is 1.73. The van der Waals surface area contributed by atoms with Crippen molar-refractivity contribution in [2.24, 2.45) is 0 Å². The minimum absolute atomic E-state index is 0.108. The van der Waals surface area contributed by atoms with Crippen LogP contribution < -0.4 is 5.73 Å². The van der Waals surface area contributed by atoms with Crippen LogP contribution in [0.4, 0.5) is 5.82 Å². The normalized spacial score (nSPS) is 9.77. The van der Waals surface area contributed by atoms with E-state index in [2.05, 4.69) is 9.97 Å². The number of para-hydroxylation sites is 1. The van der Waals surface area contributed by atoms with Gasteiger partial charge < -0.3 is 5.73 Å². The van der Waals surface area contributed by atoms with Crippen molar-refractivity contribution in [2.45, 2.75) is 0 Å². The molecule has 0 unspecified atom stereocenters. The highest BCUT2D eigenvalue weighted by Crippen LogP contribution is 2.16.